The van der Waals surface area contributed by atoms with E-state index in [2.05, 4.69) is 20.4 Å². The molecule has 3 aliphatic heterocycles. The number of rotatable bonds is 6. The molecule has 0 bridgehead atoms. The molecule has 0 aliphatic carbocycles. The van der Waals surface area contributed by atoms with E-state index >= 15 is 0 Å². The van der Waals surface area contributed by atoms with Crippen molar-refractivity contribution in [3.63, 3.8) is 0 Å². The summed E-state index contributed by atoms with van der Waals surface area (Å²) >= 11 is 0. The summed E-state index contributed by atoms with van der Waals surface area (Å²) in [5.74, 6) is -0.502. The third-order valence-corrected chi connectivity index (χ3v) is 6.41. The highest BCUT2D eigenvalue weighted by atomic mass is 16.2. The smallest absolute Gasteiger partial charge is 0.324 e. The Labute approximate surface area is 197 Å². The van der Waals surface area contributed by atoms with Crippen LogP contribution >= 0.6 is 0 Å². The highest BCUT2D eigenvalue weighted by Gasteiger charge is 2.42. The average Bonchev–Trinajstić information content (AvgIpc) is 3.29. The molecule has 0 spiro atoms. The third kappa shape index (κ3) is 4.25. The van der Waals surface area contributed by atoms with E-state index in [0.29, 0.717) is 50.6 Å². The lowest BCUT2D eigenvalue weighted by atomic mass is 10.2. The zero-order valence-corrected chi connectivity index (χ0v) is 18.6. The van der Waals surface area contributed by atoms with Crippen LogP contribution in [-0.2, 0) is 9.59 Å². The van der Waals surface area contributed by atoms with Crippen molar-refractivity contribution in [2.24, 2.45) is 0 Å². The SMILES string of the molecule is O=C1NC(CN2CCN(CC3NC(=O)N(c4ccccc4)C3=O)CC2)C(=O)N1c1ccccc1. The first-order valence-corrected chi connectivity index (χ1v) is 11.3. The number of para-hydroxylation sites is 2. The maximum atomic E-state index is 12.8. The number of carbonyl (C=O) groups is 4. The topological polar surface area (TPSA) is 105 Å². The molecule has 0 saturated carbocycles. The Kier molecular flexibility index (Phi) is 5.99. The molecule has 5 rings (SSSR count). The van der Waals surface area contributed by atoms with Crippen LogP contribution in [0.4, 0.5) is 21.0 Å². The fourth-order valence-corrected chi connectivity index (χ4v) is 4.62. The first kappa shape index (κ1) is 22.1. The Morgan fingerprint density at radius 1 is 0.588 bits per heavy atom. The second-order valence-electron chi connectivity index (χ2n) is 8.62. The van der Waals surface area contributed by atoms with Crippen molar-refractivity contribution in [2.75, 3.05) is 49.1 Å². The minimum Gasteiger partial charge on any atom is -0.324 e. The van der Waals surface area contributed by atoms with E-state index in [1.54, 1.807) is 48.5 Å². The summed E-state index contributed by atoms with van der Waals surface area (Å²) in [5.41, 5.74) is 1.12. The quantitative estimate of drug-likeness (QED) is 0.617. The fourth-order valence-electron chi connectivity index (χ4n) is 4.62. The first-order valence-electron chi connectivity index (χ1n) is 11.3. The van der Waals surface area contributed by atoms with Gasteiger partial charge in [0.15, 0.2) is 0 Å². The lowest BCUT2D eigenvalue weighted by molar-refractivity contribution is -0.120. The number of hydrogen-bond acceptors (Lipinski definition) is 6. The van der Waals surface area contributed by atoms with Crippen LogP contribution in [0, 0.1) is 0 Å². The van der Waals surface area contributed by atoms with E-state index in [9.17, 15) is 19.2 Å². The number of carbonyl (C=O) groups excluding carboxylic acids is 4. The van der Waals surface area contributed by atoms with Gasteiger partial charge in [-0.3, -0.25) is 19.4 Å². The number of piperazine rings is 1. The molecule has 10 nitrogen and oxygen atoms in total. The van der Waals surface area contributed by atoms with E-state index in [4.69, 9.17) is 0 Å². The van der Waals surface area contributed by atoms with E-state index < -0.39 is 24.1 Å². The van der Waals surface area contributed by atoms with E-state index in [1.807, 2.05) is 12.1 Å². The normalized spacial score (nSPS) is 24.0. The van der Waals surface area contributed by atoms with Crippen LogP contribution in [0.2, 0.25) is 0 Å². The summed E-state index contributed by atoms with van der Waals surface area (Å²) in [6.07, 6.45) is 0. The predicted molar refractivity (Wildman–Crippen MR) is 125 cm³/mol. The van der Waals surface area contributed by atoms with E-state index in [0.717, 1.165) is 0 Å². The number of benzene rings is 2. The van der Waals surface area contributed by atoms with Gasteiger partial charge in [0, 0.05) is 39.3 Å². The molecule has 3 fully saturated rings. The molecule has 3 aliphatic rings. The van der Waals surface area contributed by atoms with Crippen molar-refractivity contribution in [1.29, 1.82) is 0 Å². The molecule has 3 heterocycles. The Morgan fingerprint density at radius 2 is 0.941 bits per heavy atom. The minimum atomic E-state index is -0.589. The minimum absolute atomic E-state index is 0.251. The number of amides is 6. The molecule has 2 unspecified atom stereocenters. The average molecular weight is 463 g/mol. The molecule has 3 saturated heterocycles. The molecule has 34 heavy (non-hydrogen) atoms. The fraction of sp³-hybridized carbons (Fsp3) is 0.333. The van der Waals surface area contributed by atoms with Crippen molar-refractivity contribution in [1.82, 2.24) is 20.4 Å². The van der Waals surface area contributed by atoms with Crippen LogP contribution in [0.25, 0.3) is 0 Å². The monoisotopic (exact) mass is 462 g/mol. The second-order valence-corrected chi connectivity index (χ2v) is 8.62. The summed E-state index contributed by atoms with van der Waals surface area (Å²) in [6, 6.07) is 15.8. The molecule has 6 amide bonds. The van der Waals surface area contributed by atoms with Gasteiger partial charge in [-0.1, -0.05) is 36.4 Å². The van der Waals surface area contributed by atoms with E-state index in [-0.39, 0.29) is 11.8 Å². The number of hydrogen-bond donors (Lipinski definition) is 2. The standard InChI is InChI=1S/C24H26N6O4/c31-21-19(25-23(33)29(21)17-7-3-1-4-8-17)15-27-11-13-28(14-12-27)16-20-22(32)30(24(34)26-20)18-9-5-2-6-10-18/h1-10,19-20H,11-16H2,(H,25,33)(H,26,34). The van der Waals surface area contributed by atoms with Crippen molar-refractivity contribution in [3.8, 4) is 0 Å². The van der Waals surface area contributed by atoms with Gasteiger partial charge in [0.1, 0.15) is 12.1 Å². The number of imide groups is 2. The summed E-state index contributed by atoms with van der Waals surface area (Å²) < 4.78 is 0. The third-order valence-electron chi connectivity index (χ3n) is 6.41. The van der Waals surface area contributed by atoms with Crippen LogP contribution in [0.3, 0.4) is 0 Å². The first-order chi connectivity index (χ1) is 16.5. The summed E-state index contributed by atoms with van der Waals surface area (Å²) in [7, 11) is 0. The largest absolute Gasteiger partial charge is 0.329 e. The van der Waals surface area contributed by atoms with Gasteiger partial charge in [-0.25, -0.2) is 19.4 Å². The lowest BCUT2D eigenvalue weighted by Crippen LogP contribution is -2.53. The van der Waals surface area contributed by atoms with Crippen LogP contribution < -0.4 is 20.4 Å². The second kappa shape index (κ2) is 9.24. The van der Waals surface area contributed by atoms with Gasteiger partial charge < -0.3 is 10.6 Å². The van der Waals surface area contributed by atoms with Gasteiger partial charge in [0.05, 0.1) is 11.4 Å². The Balaban J connectivity index is 1.13. The van der Waals surface area contributed by atoms with Gasteiger partial charge >= 0.3 is 12.1 Å². The van der Waals surface area contributed by atoms with Crippen LogP contribution in [0.15, 0.2) is 60.7 Å². The number of urea groups is 2. The van der Waals surface area contributed by atoms with Crippen LogP contribution in [-0.4, -0.2) is 85.0 Å². The molecule has 2 N–H and O–H groups in total. The molecule has 0 aromatic heterocycles. The maximum Gasteiger partial charge on any atom is 0.329 e. The molecular formula is C24H26N6O4. The van der Waals surface area contributed by atoms with Gasteiger partial charge in [-0.2, -0.15) is 0 Å². The molecule has 0 radical (unpaired) electrons. The van der Waals surface area contributed by atoms with Crippen molar-refractivity contribution < 1.29 is 19.2 Å². The maximum absolute atomic E-state index is 12.8. The Hall–Kier alpha value is -3.76. The van der Waals surface area contributed by atoms with Crippen molar-refractivity contribution in [2.45, 2.75) is 12.1 Å². The summed E-state index contributed by atoms with van der Waals surface area (Å²) in [6.45, 7) is 3.65. The van der Waals surface area contributed by atoms with Crippen LogP contribution in [0.1, 0.15) is 0 Å². The molecular weight excluding hydrogens is 436 g/mol. The molecule has 2 aromatic rings. The highest BCUT2D eigenvalue weighted by molar-refractivity contribution is 6.22. The van der Waals surface area contributed by atoms with Crippen molar-refractivity contribution in [3.05, 3.63) is 60.7 Å². The van der Waals surface area contributed by atoms with Gasteiger partial charge in [0.25, 0.3) is 11.8 Å². The number of nitrogens with one attached hydrogen (secondary N) is 2. The lowest BCUT2D eigenvalue weighted by Gasteiger charge is -2.36. The van der Waals surface area contributed by atoms with Crippen LogP contribution in [0.5, 0.6) is 0 Å². The number of anilines is 2. The Bertz CT molecular complexity index is 1000. The van der Waals surface area contributed by atoms with Gasteiger partial charge in [-0.05, 0) is 24.3 Å². The molecule has 2 atom stereocenters. The number of nitrogens with zero attached hydrogens (tertiary/aromatic N) is 4. The zero-order valence-electron chi connectivity index (χ0n) is 18.6. The summed E-state index contributed by atoms with van der Waals surface area (Å²) in [5, 5.41) is 5.57. The Morgan fingerprint density at radius 3 is 1.29 bits per heavy atom. The van der Waals surface area contributed by atoms with E-state index in [1.165, 1.54) is 9.80 Å². The molecule has 10 heteroatoms. The van der Waals surface area contributed by atoms with Gasteiger partial charge in [0.2, 0.25) is 0 Å². The summed E-state index contributed by atoms with van der Waals surface area (Å²) in [4.78, 5) is 57.0. The molecule has 2 aromatic carbocycles. The van der Waals surface area contributed by atoms with Gasteiger partial charge in [-0.15, -0.1) is 0 Å². The van der Waals surface area contributed by atoms with Crippen molar-refractivity contribution >= 4 is 35.3 Å². The molecule has 176 valence electrons. The predicted octanol–water partition coefficient (Wildman–Crippen LogP) is 0.854. The highest BCUT2D eigenvalue weighted by Crippen LogP contribution is 2.21. The zero-order chi connectivity index (χ0) is 23.7.